The summed E-state index contributed by atoms with van der Waals surface area (Å²) in [5, 5.41) is 9.39. The number of aliphatic hydroxyl groups excluding tert-OH is 1. The standard InChI is InChI=1S/C11H15IN2O/c12-11-2-1-9(7-13-11)8-14-5-3-10(15)4-6-14/h1-2,7,10,15H,3-6,8H2. The predicted molar refractivity (Wildman–Crippen MR) is 67.5 cm³/mol. The summed E-state index contributed by atoms with van der Waals surface area (Å²) in [6, 6.07) is 4.16. The lowest BCUT2D eigenvalue weighted by atomic mass is 10.1. The molecule has 0 unspecified atom stereocenters. The average Bonchev–Trinajstić information content (AvgIpc) is 2.25. The van der Waals surface area contributed by atoms with E-state index in [1.165, 1.54) is 5.56 Å². The molecule has 0 spiro atoms. The van der Waals surface area contributed by atoms with Gasteiger partial charge in [0.25, 0.3) is 0 Å². The molecule has 82 valence electrons. The minimum absolute atomic E-state index is 0.0869. The smallest absolute Gasteiger partial charge is 0.101 e. The van der Waals surface area contributed by atoms with Gasteiger partial charge in [0.05, 0.1) is 6.10 Å². The van der Waals surface area contributed by atoms with Gasteiger partial charge in [-0.25, -0.2) is 0 Å². The topological polar surface area (TPSA) is 36.4 Å². The Bertz CT molecular complexity index is 307. The van der Waals surface area contributed by atoms with Gasteiger partial charge in [-0.3, -0.25) is 9.88 Å². The molecule has 0 atom stereocenters. The van der Waals surface area contributed by atoms with Crippen molar-refractivity contribution in [3.8, 4) is 0 Å². The van der Waals surface area contributed by atoms with Crippen molar-refractivity contribution >= 4 is 22.6 Å². The summed E-state index contributed by atoms with van der Waals surface area (Å²) in [7, 11) is 0. The molecule has 2 rings (SSSR count). The first-order chi connectivity index (χ1) is 7.24. The minimum atomic E-state index is -0.0869. The van der Waals surface area contributed by atoms with Crippen LogP contribution in [0.5, 0.6) is 0 Å². The van der Waals surface area contributed by atoms with Gasteiger partial charge in [0, 0.05) is 25.8 Å². The van der Waals surface area contributed by atoms with Crippen LogP contribution in [0.15, 0.2) is 18.3 Å². The highest BCUT2D eigenvalue weighted by atomic mass is 127. The molecule has 1 N–H and O–H groups in total. The molecular weight excluding hydrogens is 303 g/mol. The summed E-state index contributed by atoms with van der Waals surface area (Å²) in [6.07, 6.45) is 3.65. The Morgan fingerprint density at radius 1 is 1.40 bits per heavy atom. The van der Waals surface area contributed by atoms with Crippen molar-refractivity contribution in [2.45, 2.75) is 25.5 Å². The zero-order chi connectivity index (χ0) is 10.7. The lowest BCUT2D eigenvalue weighted by Gasteiger charge is -2.29. The van der Waals surface area contributed by atoms with Gasteiger partial charge in [0.15, 0.2) is 0 Å². The van der Waals surface area contributed by atoms with E-state index in [-0.39, 0.29) is 6.10 Å². The Labute approximate surface area is 104 Å². The number of nitrogens with zero attached hydrogens (tertiary/aromatic N) is 2. The summed E-state index contributed by atoms with van der Waals surface area (Å²) in [4.78, 5) is 6.64. The Morgan fingerprint density at radius 2 is 2.13 bits per heavy atom. The highest BCUT2D eigenvalue weighted by Gasteiger charge is 2.16. The highest BCUT2D eigenvalue weighted by molar-refractivity contribution is 14.1. The zero-order valence-electron chi connectivity index (χ0n) is 8.56. The van der Waals surface area contributed by atoms with Gasteiger partial charge in [0.2, 0.25) is 0 Å². The SMILES string of the molecule is OC1CCN(Cc2ccc(I)nc2)CC1. The van der Waals surface area contributed by atoms with Crippen molar-refractivity contribution in [3.63, 3.8) is 0 Å². The molecule has 1 aromatic heterocycles. The molecule has 1 aliphatic rings. The number of rotatable bonds is 2. The molecule has 0 aromatic carbocycles. The number of halogens is 1. The van der Waals surface area contributed by atoms with Crippen molar-refractivity contribution in [2.24, 2.45) is 0 Å². The van der Waals surface area contributed by atoms with Gasteiger partial charge in [-0.05, 0) is 47.1 Å². The van der Waals surface area contributed by atoms with E-state index in [2.05, 4.69) is 38.5 Å². The Morgan fingerprint density at radius 3 is 2.73 bits per heavy atom. The molecule has 0 aliphatic carbocycles. The second kappa shape index (κ2) is 5.23. The number of likely N-dealkylation sites (tertiary alicyclic amines) is 1. The fraction of sp³-hybridized carbons (Fsp3) is 0.545. The summed E-state index contributed by atoms with van der Waals surface area (Å²) in [5.41, 5.74) is 1.26. The first-order valence-corrected chi connectivity index (χ1v) is 6.33. The van der Waals surface area contributed by atoms with Crippen LogP contribution in [-0.2, 0) is 6.54 Å². The summed E-state index contributed by atoms with van der Waals surface area (Å²) < 4.78 is 1.03. The molecule has 4 heteroatoms. The second-order valence-electron chi connectivity index (χ2n) is 4.00. The van der Waals surface area contributed by atoms with Crippen molar-refractivity contribution in [1.82, 2.24) is 9.88 Å². The van der Waals surface area contributed by atoms with Crippen LogP contribution in [-0.4, -0.2) is 34.2 Å². The van der Waals surface area contributed by atoms with Crippen LogP contribution in [0.3, 0.4) is 0 Å². The van der Waals surface area contributed by atoms with Crippen LogP contribution in [0, 0.1) is 3.70 Å². The number of aromatic nitrogens is 1. The van der Waals surface area contributed by atoms with Gasteiger partial charge in [0.1, 0.15) is 3.70 Å². The number of piperidine rings is 1. The fourth-order valence-electron chi connectivity index (χ4n) is 1.84. The third-order valence-corrected chi connectivity index (χ3v) is 3.39. The molecule has 1 aromatic rings. The van der Waals surface area contributed by atoms with Crippen LogP contribution < -0.4 is 0 Å². The predicted octanol–water partition coefficient (Wildman–Crippen LogP) is 1.64. The molecule has 1 aliphatic heterocycles. The maximum absolute atomic E-state index is 9.39. The van der Waals surface area contributed by atoms with Gasteiger partial charge >= 0.3 is 0 Å². The van der Waals surface area contributed by atoms with E-state index in [1.807, 2.05) is 12.3 Å². The quantitative estimate of drug-likeness (QED) is 0.665. The number of hydrogen-bond donors (Lipinski definition) is 1. The lowest BCUT2D eigenvalue weighted by molar-refractivity contribution is 0.0792. The van der Waals surface area contributed by atoms with E-state index in [9.17, 15) is 5.11 Å². The largest absolute Gasteiger partial charge is 0.393 e. The Balaban J connectivity index is 1.89. The van der Waals surface area contributed by atoms with Crippen LogP contribution in [0.1, 0.15) is 18.4 Å². The van der Waals surface area contributed by atoms with Gasteiger partial charge in [-0.15, -0.1) is 0 Å². The van der Waals surface area contributed by atoms with E-state index in [0.717, 1.165) is 36.2 Å². The van der Waals surface area contributed by atoms with Crippen molar-refractivity contribution in [3.05, 3.63) is 27.6 Å². The molecule has 1 fully saturated rings. The van der Waals surface area contributed by atoms with Crippen LogP contribution in [0.25, 0.3) is 0 Å². The first kappa shape index (κ1) is 11.3. The number of pyridine rings is 1. The van der Waals surface area contributed by atoms with Gasteiger partial charge in [-0.2, -0.15) is 0 Å². The average molecular weight is 318 g/mol. The summed E-state index contributed by atoms with van der Waals surface area (Å²) in [6.45, 7) is 2.94. The van der Waals surface area contributed by atoms with Crippen LogP contribution >= 0.6 is 22.6 Å². The monoisotopic (exact) mass is 318 g/mol. The summed E-state index contributed by atoms with van der Waals surface area (Å²) >= 11 is 2.21. The number of hydrogen-bond acceptors (Lipinski definition) is 3. The third kappa shape index (κ3) is 3.39. The second-order valence-corrected chi connectivity index (χ2v) is 5.10. The van der Waals surface area contributed by atoms with Crippen LogP contribution in [0.2, 0.25) is 0 Å². The Kier molecular flexibility index (Phi) is 3.93. The summed E-state index contributed by atoms with van der Waals surface area (Å²) in [5.74, 6) is 0. The molecule has 15 heavy (non-hydrogen) atoms. The third-order valence-electron chi connectivity index (χ3n) is 2.75. The van der Waals surface area contributed by atoms with Crippen molar-refractivity contribution in [1.29, 1.82) is 0 Å². The molecule has 3 nitrogen and oxygen atoms in total. The molecule has 2 heterocycles. The van der Waals surface area contributed by atoms with Crippen LogP contribution in [0.4, 0.5) is 0 Å². The van der Waals surface area contributed by atoms with E-state index >= 15 is 0 Å². The first-order valence-electron chi connectivity index (χ1n) is 5.25. The molecule has 0 radical (unpaired) electrons. The van der Waals surface area contributed by atoms with Gasteiger partial charge in [-0.1, -0.05) is 6.07 Å². The number of aliphatic hydroxyl groups is 1. The van der Waals surface area contributed by atoms with Gasteiger partial charge < -0.3 is 5.11 Å². The van der Waals surface area contributed by atoms with Crippen molar-refractivity contribution in [2.75, 3.05) is 13.1 Å². The maximum Gasteiger partial charge on any atom is 0.101 e. The van der Waals surface area contributed by atoms with Crippen molar-refractivity contribution < 1.29 is 5.11 Å². The molecule has 0 amide bonds. The molecule has 0 saturated carbocycles. The van der Waals surface area contributed by atoms with E-state index in [1.54, 1.807) is 0 Å². The maximum atomic E-state index is 9.39. The fourth-order valence-corrected chi connectivity index (χ4v) is 2.15. The van der Waals surface area contributed by atoms with E-state index in [0.29, 0.717) is 0 Å². The van der Waals surface area contributed by atoms with E-state index < -0.39 is 0 Å². The molecule has 0 bridgehead atoms. The molecular formula is C11H15IN2O. The normalized spacial score (nSPS) is 19.3. The lowest BCUT2D eigenvalue weighted by Crippen LogP contribution is -2.35. The van der Waals surface area contributed by atoms with E-state index in [4.69, 9.17) is 0 Å². The molecule has 1 saturated heterocycles. The zero-order valence-corrected chi connectivity index (χ0v) is 10.7. The highest BCUT2D eigenvalue weighted by Crippen LogP contribution is 2.13. The minimum Gasteiger partial charge on any atom is -0.393 e. The Hall–Kier alpha value is -0.200.